The fourth-order valence-corrected chi connectivity index (χ4v) is 1.83. The van der Waals surface area contributed by atoms with Gasteiger partial charge in [0.15, 0.2) is 0 Å². The number of aliphatic carboxylic acids is 1. The molecule has 84 valence electrons. The highest BCUT2D eigenvalue weighted by Crippen LogP contribution is 2.52. The van der Waals surface area contributed by atoms with Crippen molar-refractivity contribution >= 4 is 11.7 Å². The van der Waals surface area contributed by atoms with Gasteiger partial charge >= 0.3 is 5.97 Å². The normalized spacial score (nSPS) is 16.8. The number of hydrogen-bond donors (Lipinski definition) is 1. The van der Waals surface area contributed by atoms with Crippen molar-refractivity contribution in [2.24, 2.45) is 0 Å². The Balaban J connectivity index is 2.64. The van der Waals surface area contributed by atoms with Crippen molar-refractivity contribution < 1.29 is 19.2 Å². The Morgan fingerprint density at radius 3 is 2.56 bits per heavy atom. The molecule has 1 aromatic rings. The van der Waals surface area contributed by atoms with E-state index in [1.54, 1.807) is 0 Å². The average molecular weight is 225 g/mol. The van der Waals surface area contributed by atoms with Gasteiger partial charge in [-0.1, -0.05) is 6.07 Å². The molecule has 0 spiro atoms. The minimum absolute atomic E-state index is 0.240. The molecule has 0 atom stereocenters. The quantitative estimate of drug-likeness (QED) is 0.628. The second-order valence-electron chi connectivity index (χ2n) is 3.78. The summed E-state index contributed by atoms with van der Waals surface area (Å²) < 4.78 is 13.5. The van der Waals surface area contributed by atoms with Crippen LogP contribution < -0.4 is 0 Å². The predicted molar refractivity (Wildman–Crippen MR) is 51.6 cm³/mol. The number of carboxylic acids is 1. The SMILES string of the molecule is O=C(O)C1(c2c(F)cccc2[N+](=O)[O-])CC1. The fraction of sp³-hybridized carbons (Fsp3) is 0.300. The lowest BCUT2D eigenvalue weighted by molar-refractivity contribution is -0.386. The van der Waals surface area contributed by atoms with Crippen molar-refractivity contribution in [3.8, 4) is 0 Å². The molecule has 1 aliphatic rings. The van der Waals surface area contributed by atoms with Crippen LogP contribution in [-0.4, -0.2) is 16.0 Å². The first-order chi connectivity index (χ1) is 7.49. The van der Waals surface area contributed by atoms with Gasteiger partial charge in [0.25, 0.3) is 5.69 Å². The Morgan fingerprint density at radius 2 is 2.12 bits per heavy atom. The van der Waals surface area contributed by atoms with E-state index in [0.717, 1.165) is 12.1 Å². The van der Waals surface area contributed by atoms with Crippen LogP contribution in [0, 0.1) is 15.9 Å². The first kappa shape index (κ1) is 10.5. The first-order valence-corrected chi connectivity index (χ1v) is 4.66. The van der Waals surface area contributed by atoms with E-state index in [2.05, 4.69) is 0 Å². The van der Waals surface area contributed by atoms with Crippen LogP contribution in [0.4, 0.5) is 10.1 Å². The van der Waals surface area contributed by atoms with Crippen LogP contribution >= 0.6 is 0 Å². The summed E-state index contributed by atoms with van der Waals surface area (Å²) in [5.74, 6) is -2.03. The molecule has 2 rings (SSSR count). The van der Waals surface area contributed by atoms with E-state index in [0.29, 0.717) is 0 Å². The third-order valence-corrected chi connectivity index (χ3v) is 2.83. The zero-order chi connectivity index (χ0) is 11.9. The Bertz CT molecular complexity index is 482. The largest absolute Gasteiger partial charge is 0.481 e. The molecule has 1 saturated carbocycles. The molecule has 1 fully saturated rings. The maximum atomic E-state index is 13.5. The lowest BCUT2D eigenvalue weighted by atomic mass is 9.94. The first-order valence-electron chi connectivity index (χ1n) is 4.66. The molecule has 0 heterocycles. The number of rotatable bonds is 3. The van der Waals surface area contributed by atoms with E-state index in [1.165, 1.54) is 6.07 Å². The van der Waals surface area contributed by atoms with Crippen molar-refractivity contribution in [3.05, 3.63) is 39.7 Å². The van der Waals surface area contributed by atoms with Gasteiger partial charge in [-0.25, -0.2) is 4.39 Å². The summed E-state index contributed by atoms with van der Waals surface area (Å²) in [6, 6.07) is 3.38. The highest BCUT2D eigenvalue weighted by molar-refractivity contribution is 5.86. The number of nitrogens with zero attached hydrogens (tertiary/aromatic N) is 1. The van der Waals surface area contributed by atoms with Crippen LogP contribution in [-0.2, 0) is 10.2 Å². The van der Waals surface area contributed by atoms with Crippen molar-refractivity contribution in [3.63, 3.8) is 0 Å². The Morgan fingerprint density at radius 1 is 1.50 bits per heavy atom. The maximum absolute atomic E-state index is 13.5. The molecule has 0 amide bonds. The van der Waals surface area contributed by atoms with Gasteiger partial charge < -0.3 is 5.11 Å². The lowest BCUT2D eigenvalue weighted by Gasteiger charge is -2.11. The predicted octanol–water partition coefficient (Wildman–Crippen LogP) is 1.85. The van der Waals surface area contributed by atoms with Crippen LogP contribution in [0.2, 0.25) is 0 Å². The molecule has 0 radical (unpaired) electrons. The van der Waals surface area contributed by atoms with Crippen LogP contribution in [0.15, 0.2) is 18.2 Å². The molecule has 0 aromatic heterocycles. The zero-order valence-corrected chi connectivity index (χ0v) is 8.14. The van der Waals surface area contributed by atoms with Gasteiger partial charge in [-0.2, -0.15) is 0 Å². The third kappa shape index (κ3) is 1.34. The molecule has 0 bridgehead atoms. The second kappa shape index (κ2) is 3.26. The number of halogens is 1. The van der Waals surface area contributed by atoms with E-state index >= 15 is 0 Å². The van der Waals surface area contributed by atoms with Gasteiger partial charge in [-0.3, -0.25) is 14.9 Å². The number of nitro groups is 1. The van der Waals surface area contributed by atoms with Gasteiger partial charge in [0.2, 0.25) is 0 Å². The number of benzene rings is 1. The summed E-state index contributed by atoms with van der Waals surface area (Å²) >= 11 is 0. The summed E-state index contributed by atoms with van der Waals surface area (Å²) in [5.41, 5.74) is -2.15. The molecular weight excluding hydrogens is 217 g/mol. The summed E-state index contributed by atoms with van der Waals surface area (Å²) in [6.07, 6.45) is 0.480. The molecular formula is C10H8FNO4. The topological polar surface area (TPSA) is 80.4 Å². The third-order valence-electron chi connectivity index (χ3n) is 2.83. The second-order valence-corrected chi connectivity index (χ2v) is 3.78. The molecule has 6 heteroatoms. The molecule has 0 aliphatic heterocycles. The lowest BCUT2D eigenvalue weighted by Crippen LogP contribution is -2.22. The number of nitro benzene ring substituents is 1. The van der Waals surface area contributed by atoms with Crippen molar-refractivity contribution in [1.82, 2.24) is 0 Å². The summed E-state index contributed by atoms with van der Waals surface area (Å²) in [5, 5.41) is 19.7. The van der Waals surface area contributed by atoms with Gasteiger partial charge in [0.1, 0.15) is 11.2 Å². The molecule has 0 unspecified atom stereocenters. The summed E-state index contributed by atoms with van der Waals surface area (Å²) in [6.45, 7) is 0. The van der Waals surface area contributed by atoms with Crippen LogP contribution in [0.1, 0.15) is 18.4 Å². The molecule has 0 saturated heterocycles. The molecule has 1 aromatic carbocycles. The van der Waals surface area contributed by atoms with Crippen molar-refractivity contribution in [1.29, 1.82) is 0 Å². The van der Waals surface area contributed by atoms with Crippen molar-refractivity contribution in [2.45, 2.75) is 18.3 Å². The number of carboxylic acid groups (broad SMARTS) is 1. The van der Waals surface area contributed by atoms with Crippen molar-refractivity contribution in [2.75, 3.05) is 0 Å². The summed E-state index contributed by atoms with van der Waals surface area (Å²) in [7, 11) is 0. The standard InChI is InChI=1S/C10H8FNO4/c11-6-2-1-3-7(12(15)16)8(6)10(4-5-10)9(13)14/h1-3H,4-5H2,(H,13,14). The van der Waals surface area contributed by atoms with E-state index < -0.39 is 27.8 Å². The molecule has 1 N–H and O–H groups in total. The molecule has 16 heavy (non-hydrogen) atoms. The van der Waals surface area contributed by atoms with Gasteiger partial charge in [0.05, 0.1) is 10.5 Å². The van der Waals surface area contributed by atoms with Crippen LogP contribution in [0.25, 0.3) is 0 Å². The smallest absolute Gasteiger partial charge is 0.314 e. The monoisotopic (exact) mass is 225 g/mol. The van der Waals surface area contributed by atoms with Gasteiger partial charge in [0, 0.05) is 6.07 Å². The van der Waals surface area contributed by atoms with Crippen LogP contribution in [0.3, 0.4) is 0 Å². The highest BCUT2D eigenvalue weighted by atomic mass is 19.1. The Kier molecular flexibility index (Phi) is 2.15. The average Bonchev–Trinajstić information content (AvgIpc) is 2.98. The fourth-order valence-electron chi connectivity index (χ4n) is 1.83. The highest BCUT2D eigenvalue weighted by Gasteiger charge is 2.56. The minimum atomic E-state index is -1.40. The summed E-state index contributed by atoms with van der Waals surface area (Å²) in [4.78, 5) is 21.0. The molecule has 5 nitrogen and oxygen atoms in total. The van der Waals surface area contributed by atoms with Gasteiger partial charge in [-0.05, 0) is 18.9 Å². The van der Waals surface area contributed by atoms with E-state index in [4.69, 9.17) is 5.11 Å². The number of hydrogen-bond acceptors (Lipinski definition) is 3. The molecule has 1 aliphatic carbocycles. The van der Waals surface area contributed by atoms with Crippen LogP contribution in [0.5, 0.6) is 0 Å². The minimum Gasteiger partial charge on any atom is -0.481 e. The zero-order valence-electron chi connectivity index (χ0n) is 8.14. The van der Waals surface area contributed by atoms with E-state index in [9.17, 15) is 19.3 Å². The Labute approximate surface area is 89.7 Å². The Hall–Kier alpha value is -1.98. The van der Waals surface area contributed by atoms with Gasteiger partial charge in [-0.15, -0.1) is 0 Å². The maximum Gasteiger partial charge on any atom is 0.314 e. The van der Waals surface area contributed by atoms with E-state index in [-0.39, 0.29) is 18.4 Å². The van der Waals surface area contributed by atoms with E-state index in [1.807, 2.05) is 0 Å². The number of carbonyl (C=O) groups is 1.